The molecular formula is C12H19N6O7P. The molecule has 0 aliphatic carbocycles. The number of aromatic nitrogens is 4. The number of nitrogens with zero attached hydrogens (tertiary/aromatic N) is 4. The van der Waals surface area contributed by atoms with Crippen LogP contribution >= 0.6 is 7.82 Å². The summed E-state index contributed by atoms with van der Waals surface area (Å²) in [6.07, 6.45) is -2.35. The van der Waals surface area contributed by atoms with E-state index in [1.54, 1.807) is 0 Å². The van der Waals surface area contributed by atoms with Crippen molar-refractivity contribution in [3.63, 3.8) is 0 Å². The molecule has 1 fully saturated rings. The van der Waals surface area contributed by atoms with Crippen LogP contribution in [0.25, 0.3) is 11.2 Å². The first-order chi connectivity index (χ1) is 12.3. The Balaban J connectivity index is 1.83. The average Bonchev–Trinajstić information content (AvgIpc) is 3.13. The molecular weight excluding hydrogens is 371 g/mol. The van der Waals surface area contributed by atoms with Gasteiger partial charge in [-0.1, -0.05) is 0 Å². The lowest BCUT2D eigenvalue weighted by atomic mass is 10.1. The van der Waals surface area contributed by atoms with Gasteiger partial charge in [-0.2, -0.15) is 0 Å². The van der Waals surface area contributed by atoms with Crippen molar-refractivity contribution in [3.05, 3.63) is 12.7 Å². The Bertz CT molecular complexity index is 812. The Morgan fingerprint density at radius 3 is 2.77 bits per heavy atom. The van der Waals surface area contributed by atoms with Crippen LogP contribution in [0.3, 0.4) is 0 Å². The van der Waals surface area contributed by atoms with E-state index in [0.29, 0.717) is 30.1 Å². The zero-order valence-electron chi connectivity index (χ0n) is 13.4. The molecule has 14 heteroatoms. The quantitative estimate of drug-likeness (QED) is 0.283. The Morgan fingerprint density at radius 2 is 2.08 bits per heavy atom. The van der Waals surface area contributed by atoms with Crippen molar-refractivity contribution in [3.8, 4) is 0 Å². The highest BCUT2D eigenvalue weighted by Crippen LogP contribution is 2.38. The predicted molar refractivity (Wildman–Crippen MR) is 86.8 cm³/mol. The lowest BCUT2D eigenvalue weighted by Gasteiger charge is -2.16. The number of ether oxygens (including phenoxy) is 1. The van der Waals surface area contributed by atoms with E-state index in [4.69, 9.17) is 20.3 Å². The molecule has 2 aromatic heterocycles. The van der Waals surface area contributed by atoms with Crippen LogP contribution in [0.2, 0.25) is 0 Å². The van der Waals surface area contributed by atoms with Gasteiger partial charge in [0, 0.05) is 13.1 Å². The smallest absolute Gasteiger partial charge is 0.387 e. The van der Waals surface area contributed by atoms with Gasteiger partial charge >= 0.3 is 7.82 Å². The zero-order valence-corrected chi connectivity index (χ0v) is 14.3. The number of nitrogens with two attached hydrogens (primary N) is 1. The van der Waals surface area contributed by atoms with Gasteiger partial charge in [-0.05, 0) is 0 Å². The number of aliphatic hydroxyl groups is 2. The standard InChI is InChI=1S/C12H19N6O7P/c13-1-2-14-10-7-11(16-4-15-10)18(5-17-7)12-9(20)8(19)6(25-12)3-24-26(21,22)23/h4-6,8-9,12,19-20H,1-3,13H2,(H,14,15,16)(H2,21,22,23). The van der Waals surface area contributed by atoms with Gasteiger partial charge in [0.05, 0.1) is 12.9 Å². The lowest BCUT2D eigenvalue weighted by molar-refractivity contribution is -0.0504. The first-order valence-electron chi connectivity index (χ1n) is 7.65. The van der Waals surface area contributed by atoms with Crippen LogP contribution in [0.5, 0.6) is 0 Å². The lowest BCUT2D eigenvalue weighted by Crippen LogP contribution is -2.33. The number of fused-ring (bicyclic) bond motifs is 1. The third-order valence-electron chi connectivity index (χ3n) is 3.81. The van der Waals surface area contributed by atoms with E-state index in [0.717, 1.165) is 0 Å². The van der Waals surface area contributed by atoms with Crippen molar-refractivity contribution in [1.82, 2.24) is 19.5 Å². The SMILES string of the molecule is NCCNc1ncnc2c1ncn2C1OC(COP(=O)(O)O)C(O)C1O. The summed E-state index contributed by atoms with van der Waals surface area (Å²) in [5.41, 5.74) is 6.21. The minimum atomic E-state index is -4.73. The highest BCUT2D eigenvalue weighted by Gasteiger charge is 2.45. The van der Waals surface area contributed by atoms with Gasteiger partial charge in [0.25, 0.3) is 0 Å². The van der Waals surface area contributed by atoms with Crippen molar-refractivity contribution in [2.45, 2.75) is 24.5 Å². The van der Waals surface area contributed by atoms with Crippen LogP contribution in [0, 0.1) is 0 Å². The molecule has 0 spiro atoms. The van der Waals surface area contributed by atoms with E-state index in [1.165, 1.54) is 17.2 Å². The van der Waals surface area contributed by atoms with E-state index < -0.39 is 39.0 Å². The zero-order chi connectivity index (χ0) is 18.9. The topological polar surface area (TPSA) is 198 Å². The Morgan fingerprint density at radius 1 is 1.31 bits per heavy atom. The van der Waals surface area contributed by atoms with Crippen LogP contribution < -0.4 is 11.1 Å². The molecule has 26 heavy (non-hydrogen) atoms. The summed E-state index contributed by atoms with van der Waals surface area (Å²) >= 11 is 0. The van der Waals surface area contributed by atoms with Crippen molar-refractivity contribution >= 4 is 24.8 Å². The summed E-state index contributed by atoms with van der Waals surface area (Å²) in [5, 5.41) is 23.3. The van der Waals surface area contributed by atoms with Crippen LogP contribution in [0.15, 0.2) is 12.7 Å². The maximum atomic E-state index is 10.8. The van der Waals surface area contributed by atoms with Crippen molar-refractivity contribution in [1.29, 1.82) is 0 Å². The van der Waals surface area contributed by atoms with Crippen molar-refractivity contribution in [2.24, 2.45) is 5.73 Å². The van der Waals surface area contributed by atoms with E-state index >= 15 is 0 Å². The van der Waals surface area contributed by atoms with Crippen LogP contribution in [0.1, 0.15) is 6.23 Å². The molecule has 0 radical (unpaired) electrons. The summed E-state index contributed by atoms with van der Waals surface area (Å²) < 4.78 is 22.1. The monoisotopic (exact) mass is 390 g/mol. The molecule has 0 aromatic carbocycles. The third kappa shape index (κ3) is 3.84. The number of phosphoric acid groups is 1. The summed E-state index contributed by atoms with van der Waals surface area (Å²) in [6.45, 7) is 0.274. The average molecular weight is 390 g/mol. The number of imidazole rings is 1. The minimum Gasteiger partial charge on any atom is -0.387 e. The van der Waals surface area contributed by atoms with E-state index in [-0.39, 0.29) is 0 Å². The molecule has 0 saturated carbocycles. The van der Waals surface area contributed by atoms with Gasteiger partial charge < -0.3 is 35.8 Å². The number of hydrogen-bond acceptors (Lipinski definition) is 10. The molecule has 2 aromatic rings. The van der Waals surface area contributed by atoms with Crippen LogP contribution in [0.4, 0.5) is 5.82 Å². The fourth-order valence-electron chi connectivity index (χ4n) is 2.63. The fraction of sp³-hybridized carbons (Fsp3) is 0.583. The maximum absolute atomic E-state index is 10.8. The minimum absolute atomic E-state index is 0.340. The fourth-order valence-corrected chi connectivity index (χ4v) is 2.97. The Kier molecular flexibility index (Phi) is 5.50. The normalized spacial score (nSPS) is 26.5. The molecule has 13 nitrogen and oxygen atoms in total. The molecule has 7 N–H and O–H groups in total. The third-order valence-corrected chi connectivity index (χ3v) is 4.30. The molecule has 144 valence electrons. The van der Waals surface area contributed by atoms with Crippen molar-refractivity contribution < 1.29 is 33.8 Å². The second-order valence-corrected chi connectivity index (χ2v) is 6.83. The molecule has 1 aliphatic heterocycles. The number of aliphatic hydroxyl groups excluding tert-OH is 2. The van der Waals surface area contributed by atoms with Gasteiger partial charge in [-0.3, -0.25) is 9.09 Å². The maximum Gasteiger partial charge on any atom is 0.469 e. The number of rotatable bonds is 7. The molecule has 0 bridgehead atoms. The molecule has 3 rings (SSSR count). The molecule has 1 aliphatic rings. The van der Waals surface area contributed by atoms with Gasteiger partial charge in [0.1, 0.15) is 24.6 Å². The second-order valence-electron chi connectivity index (χ2n) is 5.59. The molecule has 4 atom stereocenters. The van der Waals surface area contributed by atoms with Gasteiger partial charge in [0.15, 0.2) is 23.2 Å². The van der Waals surface area contributed by atoms with Gasteiger partial charge in [0.2, 0.25) is 0 Å². The first-order valence-corrected chi connectivity index (χ1v) is 9.18. The highest BCUT2D eigenvalue weighted by atomic mass is 31.2. The molecule has 3 heterocycles. The summed E-state index contributed by atoms with van der Waals surface area (Å²) in [5.74, 6) is 0.452. The first kappa shape index (κ1) is 19.1. The number of phosphoric ester groups is 1. The Hall–Kier alpha value is -1.70. The van der Waals surface area contributed by atoms with Crippen LogP contribution in [-0.2, 0) is 13.8 Å². The Labute approximate surface area is 147 Å². The summed E-state index contributed by atoms with van der Waals surface area (Å²) in [4.78, 5) is 29.9. The van der Waals surface area contributed by atoms with Crippen molar-refractivity contribution in [2.75, 3.05) is 25.0 Å². The number of nitrogens with one attached hydrogen (secondary N) is 1. The second kappa shape index (κ2) is 7.50. The number of hydrogen-bond donors (Lipinski definition) is 6. The van der Waals surface area contributed by atoms with E-state index in [1.807, 2.05) is 0 Å². The summed E-state index contributed by atoms with van der Waals surface area (Å²) in [6, 6.07) is 0. The predicted octanol–water partition coefficient (Wildman–Crippen LogP) is -2.07. The van der Waals surface area contributed by atoms with E-state index in [9.17, 15) is 14.8 Å². The molecule has 0 amide bonds. The van der Waals surface area contributed by atoms with Gasteiger partial charge in [-0.15, -0.1) is 0 Å². The molecule has 4 unspecified atom stereocenters. The largest absolute Gasteiger partial charge is 0.469 e. The molecule has 1 saturated heterocycles. The van der Waals surface area contributed by atoms with Gasteiger partial charge in [-0.25, -0.2) is 19.5 Å². The highest BCUT2D eigenvalue weighted by molar-refractivity contribution is 7.46. The number of anilines is 1. The van der Waals surface area contributed by atoms with E-state index in [2.05, 4.69) is 24.8 Å². The van der Waals surface area contributed by atoms with Crippen LogP contribution in [-0.4, -0.2) is 77.5 Å². The summed E-state index contributed by atoms with van der Waals surface area (Å²) in [7, 11) is -4.73.